The van der Waals surface area contributed by atoms with Crippen molar-refractivity contribution in [2.24, 2.45) is 0 Å². The zero-order valence-electron chi connectivity index (χ0n) is 3.40. The van der Waals surface area contributed by atoms with Crippen LogP contribution < -0.4 is 14.9 Å². The van der Waals surface area contributed by atoms with E-state index in [9.17, 15) is 14.4 Å². The van der Waals surface area contributed by atoms with Crippen molar-refractivity contribution in [3.05, 3.63) is 0 Å². The molecule has 8 heavy (non-hydrogen) atoms. The Morgan fingerprint density at radius 1 is 1.50 bits per heavy atom. The maximum absolute atomic E-state index is 9.27. The quantitative estimate of drug-likeness (QED) is 0.362. The summed E-state index contributed by atoms with van der Waals surface area (Å²) >= 11 is 0. The minimum atomic E-state index is -5.38. The molecule has 0 rings (SSSR count). The molecule has 0 aliphatic carbocycles. The molecule has 6 nitrogen and oxygen atoms in total. The van der Waals surface area contributed by atoms with Gasteiger partial charge in [-0.1, -0.05) is 0 Å². The summed E-state index contributed by atoms with van der Waals surface area (Å²) in [4.78, 5) is 27.7. The molecule has 48 valence electrons. The van der Waals surface area contributed by atoms with Crippen molar-refractivity contribution in [1.29, 1.82) is 0 Å². The van der Waals surface area contributed by atoms with Gasteiger partial charge in [-0.2, -0.15) is 0 Å². The van der Waals surface area contributed by atoms with E-state index in [1.807, 2.05) is 0 Å². The normalized spacial score (nSPS) is 10.8. The molecule has 0 spiro atoms. The fourth-order valence-electron chi connectivity index (χ4n) is 0.0913. The fourth-order valence-corrected chi connectivity index (χ4v) is 0.274. The highest BCUT2D eigenvalue weighted by atomic mass is 31.2. The predicted octanol–water partition coefficient (Wildman–Crippen LogP) is -2.83. The molecule has 0 aromatic rings. The van der Waals surface area contributed by atoms with E-state index in [-0.39, 0.29) is 0 Å². The van der Waals surface area contributed by atoms with Gasteiger partial charge in [-0.05, 0) is 0 Å². The molecule has 0 saturated heterocycles. The lowest BCUT2D eigenvalue weighted by Crippen LogP contribution is -2.28. The monoisotopic (exact) mass is 139 g/mol. The van der Waals surface area contributed by atoms with Crippen LogP contribution in [0, 0.1) is 0 Å². The van der Waals surface area contributed by atoms with Gasteiger partial charge in [0.1, 0.15) is 0 Å². The van der Waals surface area contributed by atoms with Gasteiger partial charge >= 0.3 is 0 Å². The number of hydrogen-bond donors (Lipinski definition) is 0. The first-order valence-corrected chi connectivity index (χ1v) is 2.80. The number of phosphoric acid groups is 1. The topological polar surface area (TPSA) is 113 Å². The van der Waals surface area contributed by atoms with Crippen LogP contribution in [-0.4, -0.2) is 6.16 Å². The van der Waals surface area contributed by atoms with Crippen molar-refractivity contribution < 1.29 is 28.8 Å². The third kappa shape index (κ3) is 5.42. The number of phosphoric ester groups is 1. The van der Waals surface area contributed by atoms with Gasteiger partial charge in [0.2, 0.25) is 0 Å². The first-order valence-electron chi connectivity index (χ1n) is 1.34. The zero-order chi connectivity index (χ0) is 6.78. The molecule has 0 N–H and O–H groups in total. The number of carboxylic acid groups (broad SMARTS) is 1. The summed E-state index contributed by atoms with van der Waals surface area (Å²) in [6.45, 7) is 0. The summed E-state index contributed by atoms with van der Waals surface area (Å²) in [5.74, 6) is 0. The van der Waals surface area contributed by atoms with Crippen molar-refractivity contribution >= 4 is 14.0 Å². The number of carbonyl (C=O) groups excluding carboxylic acids is 1. The Labute approximate surface area is 43.9 Å². The number of carbonyl (C=O) groups is 1. The molecule has 0 saturated carbocycles. The Kier molecular flexibility index (Phi) is 1.97. The maximum atomic E-state index is 9.27. The van der Waals surface area contributed by atoms with E-state index in [4.69, 9.17) is 9.90 Å². The van der Waals surface area contributed by atoms with E-state index >= 15 is 0 Å². The van der Waals surface area contributed by atoms with E-state index in [0.717, 1.165) is 0 Å². The van der Waals surface area contributed by atoms with E-state index in [0.29, 0.717) is 0 Å². The average molecular weight is 139 g/mol. The molecule has 0 radical (unpaired) electrons. The minimum absolute atomic E-state index is 2.36. The molecular formula is CO6P-3. The van der Waals surface area contributed by atoms with Gasteiger partial charge < -0.3 is 28.8 Å². The SMILES string of the molecule is O=C([O-])OP(=O)([O-])[O-]. The molecular weight excluding hydrogens is 139 g/mol. The first kappa shape index (κ1) is 7.42. The van der Waals surface area contributed by atoms with Crippen LogP contribution in [0.2, 0.25) is 0 Å². The summed E-state index contributed by atoms with van der Waals surface area (Å²) < 4.78 is 12.0. The molecule has 0 amide bonds. The molecule has 0 unspecified atom stereocenters. The highest BCUT2D eigenvalue weighted by Gasteiger charge is 1.83. The summed E-state index contributed by atoms with van der Waals surface area (Å²) in [5, 5.41) is 9.11. The first-order chi connectivity index (χ1) is 3.42. The summed E-state index contributed by atoms with van der Waals surface area (Å²) in [7, 11) is -5.38. The number of hydrogen-bond acceptors (Lipinski definition) is 6. The molecule has 0 aromatic carbocycles. The minimum Gasteiger partial charge on any atom is -0.795 e. The lowest BCUT2D eigenvalue weighted by molar-refractivity contribution is -0.350. The second-order valence-electron chi connectivity index (χ2n) is 0.789. The van der Waals surface area contributed by atoms with Crippen molar-refractivity contribution in [2.45, 2.75) is 0 Å². The molecule has 0 fully saturated rings. The molecule has 0 atom stereocenters. The van der Waals surface area contributed by atoms with E-state index < -0.39 is 14.0 Å². The Balaban J connectivity index is 3.74. The molecule has 7 heteroatoms. The van der Waals surface area contributed by atoms with Gasteiger partial charge in [0.15, 0.2) is 0 Å². The van der Waals surface area contributed by atoms with E-state index in [1.54, 1.807) is 0 Å². The zero-order valence-corrected chi connectivity index (χ0v) is 4.29. The standard InChI is InChI=1S/CH3O6P/c2-1(3)7-8(4,5)6/h(H,2,3)(H2,4,5,6)/p-3. The van der Waals surface area contributed by atoms with Gasteiger partial charge in [-0.3, -0.25) is 0 Å². The summed E-state index contributed by atoms with van der Waals surface area (Å²) in [6.07, 6.45) is -2.36. The van der Waals surface area contributed by atoms with Gasteiger partial charge in [-0.15, -0.1) is 0 Å². The van der Waals surface area contributed by atoms with Crippen LogP contribution in [0.1, 0.15) is 0 Å². The Hall–Kier alpha value is -0.580. The van der Waals surface area contributed by atoms with Crippen LogP contribution in [0.4, 0.5) is 4.79 Å². The molecule has 0 aliphatic rings. The molecule has 0 aliphatic heterocycles. The molecule has 0 aromatic heterocycles. The fraction of sp³-hybridized carbons (Fsp3) is 0. The lowest BCUT2D eigenvalue weighted by Gasteiger charge is -2.32. The number of rotatable bonds is 1. The van der Waals surface area contributed by atoms with Crippen LogP contribution in [-0.2, 0) is 9.09 Å². The van der Waals surface area contributed by atoms with Crippen molar-refractivity contribution in [1.82, 2.24) is 0 Å². The van der Waals surface area contributed by atoms with E-state index in [2.05, 4.69) is 4.52 Å². The summed E-state index contributed by atoms with van der Waals surface area (Å²) in [6, 6.07) is 0. The van der Waals surface area contributed by atoms with Gasteiger partial charge in [0, 0.05) is 7.82 Å². The van der Waals surface area contributed by atoms with Crippen LogP contribution in [0.5, 0.6) is 0 Å². The Morgan fingerprint density at radius 3 is 1.88 bits per heavy atom. The third-order valence-electron chi connectivity index (χ3n) is 0.186. The van der Waals surface area contributed by atoms with Crippen LogP contribution in [0.15, 0.2) is 0 Å². The maximum Gasteiger partial charge on any atom is 0.256 e. The second kappa shape index (κ2) is 2.13. The highest BCUT2D eigenvalue weighted by Crippen LogP contribution is 2.23. The lowest BCUT2D eigenvalue weighted by atomic mass is 11.5. The highest BCUT2D eigenvalue weighted by molar-refractivity contribution is 7.43. The molecule has 0 heterocycles. The van der Waals surface area contributed by atoms with Crippen LogP contribution >= 0.6 is 7.82 Å². The van der Waals surface area contributed by atoms with E-state index in [1.165, 1.54) is 0 Å². The van der Waals surface area contributed by atoms with Crippen molar-refractivity contribution in [3.8, 4) is 0 Å². The van der Waals surface area contributed by atoms with Crippen molar-refractivity contribution in [2.75, 3.05) is 0 Å². The van der Waals surface area contributed by atoms with Gasteiger partial charge in [-0.25, -0.2) is 0 Å². The predicted molar refractivity (Wildman–Crippen MR) is 14.1 cm³/mol. The largest absolute Gasteiger partial charge is 0.795 e. The van der Waals surface area contributed by atoms with Gasteiger partial charge in [0.05, 0.1) is 0 Å². The summed E-state index contributed by atoms with van der Waals surface area (Å²) in [5.41, 5.74) is 0. The molecule has 0 bridgehead atoms. The second-order valence-corrected chi connectivity index (χ2v) is 1.87. The van der Waals surface area contributed by atoms with Crippen LogP contribution in [0.25, 0.3) is 0 Å². The Bertz CT molecular complexity index is 131. The van der Waals surface area contributed by atoms with Crippen LogP contribution in [0.3, 0.4) is 0 Å². The third-order valence-corrected chi connectivity index (χ3v) is 0.559. The smallest absolute Gasteiger partial charge is 0.256 e. The van der Waals surface area contributed by atoms with Gasteiger partial charge in [0.25, 0.3) is 6.16 Å². The Morgan fingerprint density at radius 2 is 1.88 bits per heavy atom. The average Bonchev–Trinajstić information content (AvgIpc) is 1.21. The van der Waals surface area contributed by atoms with Crippen molar-refractivity contribution in [3.63, 3.8) is 0 Å².